The highest BCUT2D eigenvalue weighted by atomic mass is 79.9. The van der Waals surface area contributed by atoms with Gasteiger partial charge < -0.3 is 10.2 Å². The van der Waals surface area contributed by atoms with E-state index in [4.69, 9.17) is 0 Å². The lowest BCUT2D eigenvalue weighted by Gasteiger charge is -2.32. The molecule has 2 aromatic rings. The van der Waals surface area contributed by atoms with E-state index in [1.54, 1.807) is 32.0 Å². The average Bonchev–Trinajstić information content (AvgIpc) is 2.74. The van der Waals surface area contributed by atoms with Crippen molar-refractivity contribution in [2.75, 3.05) is 23.7 Å². The van der Waals surface area contributed by atoms with Gasteiger partial charge in [0.2, 0.25) is 21.8 Å². The fraction of sp³-hybridized carbons (Fsp3) is 0.391. The maximum Gasteiger partial charge on any atom is 0.244 e. The monoisotopic (exact) mass is 541 g/mol. The number of carbonyl (C=O) groups is 2. The number of rotatable bonds is 10. The van der Waals surface area contributed by atoms with E-state index < -0.39 is 34.3 Å². The molecule has 2 amide bonds. The summed E-state index contributed by atoms with van der Waals surface area (Å²) >= 11 is 3.39. The minimum atomic E-state index is -3.80. The number of anilines is 1. The lowest BCUT2D eigenvalue weighted by molar-refractivity contribution is -0.140. The van der Waals surface area contributed by atoms with Gasteiger partial charge in [-0.2, -0.15) is 0 Å². The lowest BCUT2D eigenvalue weighted by atomic mass is 10.1. The number of halogens is 2. The first kappa shape index (κ1) is 26.8. The van der Waals surface area contributed by atoms with Crippen LogP contribution in [-0.4, -0.2) is 50.5 Å². The van der Waals surface area contributed by atoms with Crippen molar-refractivity contribution in [3.05, 3.63) is 63.9 Å². The van der Waals surface area contributed by atoms with E-state index in [1.165, 1.54) is 29.2 Å². The van der Waals surface area contributed by atoms with Crippen LogP contribution in [0.15, 0.2) is 46.9 Å². The van der Waals surface area contributed by atoms with Gasteiger partial charge in [0.05, 0.1) is 11.9 Å². The van der Waals surface area contributed by atoms with Gasteiger partial charge in [0.25, 0.3) is 0 Å². The zero-order valence-electron chi connectivity index (χ0n) is 19.1. The first-order chi connectivity index (χ1) is 15.5. The minimum Gasteiger partial charge on any atom is -0.355 e. The zero-order chi connectivity index (χ0) is 24.8. The van der Waals surface area contributed by atoms with Crippen molar-refractivity contribution in [2.24, 2.45) is 0 Å². The number of aryl methyl sites for hydroxylation is 1. The van der Waals surface area contributed by atoms with Crippen molar-refractivity contribution < 1.29 is 22.4 Å². The number of likely N-dealkylation sites (N-methyl/N-ethyl adjacent to an activating group) is 1. The van der Waals surface area contributed by atoms with Gasteiger partial charge in [-0.05, 0) is 61.7 Å². The van der Waals surface area contributed by atoms with Gasteiger partial charge in [0, 0.05) is 17.6 Å². The number of hydrogen-bond donors (Lipinski definition) is 1. The lowest BCUT2D eigenvalue weighted by Crippen LogP contribution is -2.52. The molecular formula is C23H29BrFN3O4S. The van der Waals surface area contributed by atoms with Crippen LogP contribution >= 0.6 is 15.9 Å². The molecule has 0 aromatic heterocycles. The van der Waals surface area contributed by atoms with E-state index in [0.717, 1.165) is 20.6 Å². The predicted octanol–water partition coefficient (Wildman–Crippen LogP) is 3.61. The normalized spacial score (nSPS) is 12.2. The predicted molar refractivity (Wildman–Crippen MR) is 131 cm³/mol. The molecule has 1 atom stereocenters. The van der Waals surface area contributed by atoms with Crippen LogP contribution in [0.5, 0.6) is 0 Å². The van der Waals surface area contributed by atoms with Crippen LogP contribution in [-0.2, 0) is 26.2 Å². The van der Waals surface area contributed by atoms with Crippen molar-refractivity contribution >= 4 is 43.5 Å². The quantitative estimate of drug-likeness (QED) is 0.497. The zero-order valence-corrected chi connectivity index (χ0v) is 21.5. The Labute approximate surface area is 203 Å². The van der Waals surface area contributed by atoms with E-state index in [0.29, 0.717) is 24.2 Å². The topological polar surface area (TPSA) is 86.8 Å². The smallest absolute Gasteiger partial charge is 0.244 e. The SMILES string of the molecule is CCNC(=O)[C@@H](CC)N(Cc1ccc(F)cc1)C(=O)CN(c1ccc(Br)c(C)c1)S(C)(=O)=O. The number of nitrogens with one attached hydrogen (secondary N) is 1. The van der Waals surface area contributed by atoms with E-state index in [9.17, 15) is 22.4 Å². The van der Waals surface area contributed by atoms with Crippen LogP contribution in [0, 0.1) is 12.7 Å². The summed E-state index contributed by atoms with van der Waals surface area (Å²) in [5, 5.41) is 2.73. The van der Waals surface area contributed by atoms with Crippen LogP contribution in [0.2, 0.25) is 0 Å². The summed E-state index contributed by atoms with van der Waals surface area (Å²) in [6, 6.07) is 9.81. The number of carbonyl (C=O) groups excluding carboxylic acids is 2. The van der Waals surface area contributed by atoms with Gasteiger partial charge in [-0.1, -0.05) is 35.0 Å². The Morgan fingerprint density at radius 3 is 2.27 bits per heavy atom. The highest BCUT2D eigenvalue weighted by molar-refractivity contribution is 9.10. The number of amides is 2. The Morgan fingerprint density at radius 1 is 1.12 bits per heavy atom. The molecule has 2 aromatic carbocycles. The van der Waals surface area contributed by atoms with Gasteiger partial charge in [0.1, 0.15) is 18.4 Å². The van der Waals surface area contributed by atoms with Gasteiger partial charge in [-0.3, -0.25) is 13.9 Å². The standard InChI is InChI=1S/C23H29BrFN3O4S/c1-5-21(23(30)26-6-2)27(14-17-7-9-18(25)10-8-17)22(29)15-28(33(4,31)32)19-11-12-20(24)16(3)13-19/h7-13,21H,5-6,14-15H2,1-4H3,(H,26,30)/t21-/m1/s1. The third-order valence-electron chi connectivity index (χ3n) is 5.11. The summed E-state index contributed by atoms with van der Waals surface area (Å²) in [4.78, 5) is 27.5. The number of hydrogen-bond acceptors (Lipinski definition) is 4. The van der Waals surface area contributed by atoms with E-state index in [2.05, 4.69) is 21.2 Å². The molecule has 0 saturated carbocycles. The van der Waals surface area contributed by atoms with Crippen molar-refractivity contribution in [3.63, 3.8) is 0 Å². The molecule has 10 heteroatoms. The highest BCUT2D eigenvalue weighted by Gasteiger charge is 2.31. The molecule has 0 bridgehead atoms. The summed E-state index contributed by atoms with van der Waals surface area (Å²) in [5.41, 5.74) is 1.78. The third-order valence-corrected chi connectivity index (χ3v) is 7.14. The van der Waals surface area contributed by atoms with Gasteiger partial charge in [0.15, 0.2) is 0 Å². The summed E-state index contributed by atoms with van der Waals surface area (Å²) in [7, 11) is -3.80. The molecule has 1 N–H and O–H groups in total. The van der Waals surface area contributed by atoms with E-state index >= 15 is 0 Å². The molecule has 180 valence electrons. The second-order valence-electron chi connectivity index (χ2n) is 7.67. The molecule has 0 aliphatic rings. The second-order valence-corrected chi connectivity index (χ2v) is 10.4. The largest absolute Gasteiger partial charge is 0.355 e. The van der Waals surface area contributed by atoms with Crippen LogP contribution in [0.4, 0.5) is 10.1 Å². The number of nitrogens with zero attached hydrogens (tertiary/aromatic N) is 2. The molecule has 0 unspecified atom stereocenters. The molecule has 0 saturated heterocycles. The summed E-state index contributed by atoms with van der Waals surface area (Å²) in [6.07, 6.45) is 1.36. The molecular weight excluding hydrogens is 513 g/mol. The maximum absolute atomic E-state index is 13.5. The molecule has 33 heavy (non-hydrogen) atoms. The highest BCUT2D eigenvalue weighted by Crippen LogP contribution is 2.25. The Kier molecular flexibility index (Phi) is 9.42. The summed E-state index contributed by atoms with van der Waals surface area (Å²) in [6.45, 7) is 5.32. The Bertz CT molecular complexity index is 1090. The van der Waals surface area contributed by atoms with Gasteiger partial charge >= 0.3 is 0 Å². The third kappa shape index (κ3) is 7.26. The Morgan fingerprint density at radius 2 is 1.76 bits per heavy atom. The molecule has 0 aliphatic heterocycles. The molecule has 2 rings (SSSR count). The Balaban J connectivity index is 2.44. The van der Waals surface area contributed by atoms with Crippen LogP contribution in [0.25, 0.3) is 0 Å². The molecule has 0 aliphatic carbocycles. The summed E-state index contributed by atoms with van der Waals surface area (Å²) in [5.74, 6) is -1.29. The Hall–Kier alpha value is -2.46. The molecule has 0 spiro atoms. The van der Waals surface area contributed by atoms with Crippen molar-refractivity contribution in [1.82, 2.24) is 10.2 Å². The van der Waals surface area contributed by atoms with Crippen molar-refractivity contribution in [2.45, 2.75) is 39.8 Å². The number of sulfonamides is 1. The van der Waals surface area contributed by atoms with Crippen LogP contribution in [0.1, 0.15) is 31.4 Å². The first-order valence-electron chi connectivity index (χ1n) is 10.5. The van der Waals surface area contributed by atoms with Crippen molar-refractivity contribution in [1.29, 1.82) is 0 Å². The second kappa shape index (κ2) is 11.6. The van der Waals surface area contributed by atoms with Crippen LogP contribution < -0.4 is 9.62 Å². The van der Waals surface area contributed by atoms with Gasteiger partial charge in [-0.15, -0.1) is 0 Å². The molecule has 7 nitrogen and oxygen atoms in total. The van der Waals surface area contributed by atoms with E-state index in [-0.39, 0.29) is 12.5 Å². The van der Waals surface area contributed by atoms with E-state index in [1.807, 2.05) is 6.92 Å². The average molecular weight is 542 g/mol. The molecule has 0 fully saturated rings. The first-order valence-corrected chi connectivity index (χ1v) is 13.2. The molecule has 0 heterocycles. The summed E-state index contributed by atoms with van der Waals surface area (Å²) < 4.78 is 40.4. The molecule has 0 radical (unpaired) electrons. The van der Waals surface area contributed by atoms with Crippen LogP contribution in [0.3, 0.4) is 0 Å². The minimum absolute atomic E-state index is 0.0335. The number of benzene rings is 2. The fourth-order valence-electron chi connectivity index (χ4n) is 3.40. The fourth-order valence-corrected chi connectivity index (χ4v) is 4.48. The van der Waals surface area contributed by atoms with Crippen molar-refractivity contribution in [3.8, 4) is 0 Å². The maximum atomic E-state index is 13.5. The van der Waals surface area contributed by atoms with Gasteiger partial charge in [-0.25, -0.2) is 12.8 Å².